The summed E-state index contributed by atoms with van der Waals surface area (Å²) in [7, 11) is 0. The first kappa shape index (κ1) is 39.0. The third kappa shape index (κ3) is 7.91. The Morgan fingerprint density at radius 1 is 1.06 bits per heavy atom. The number of halogens is 7. The zero-order valence-corrected chi connectivity index (χ0v) is 29.0. The first-order valence-electron chi connectivity index (χ1n) is 15.2. The van der Waals surface area contributed by atoms with E-state index in [1.165, 1.54) is 19.9 Å². The monoisotopic (exact) mass is 739 g/mol. The first-order chi connectivity index (χ1) is 23.6. The van der Waals surface area contributed by atoms with Crippen LogP contribution in [0, 0.1) is 40.0 Å². The van der Waals surface area contributed by atoms with Crippen molar-refractivity contribution in [2.75, 3.05) is 29.6 Å². The summed E-state index contributed by atoms with van der Waals surface area (Å²) in [5.74, 6) is -7.56. The van der Waals surface area contributed by atoms with Gasteiger partial charge in [0.15, 0.2) is 34.1 Å². The van der Waals surface area contributed by atoms with E-state index in [9.17, 15) is 31.5 Å². The number of nitrogens with zero attached hydrogens (tertiary/aromatic N) is 4. The van der Waals surface area contributed by atoms with E-state index in [4.69, 9.17) is 27.0 Å². The average Bonchev–Trinajstić information content (AvgIpc) is 3.19. The number of thiocarbonyl (C=S) groups is 1. The zero-order valence-electron chi connectivity index (χ0n) is 28.1. The summed E-state index contributed by atoms with van der Waals surface area (Å²) in [4.78, 5) is 31.0. The number of hydrogen-bond acceptors (Lipinski definition) is 7. The molecule has 1 N–H and O–H groups in total. The maximum Gasteiger partial charge on any atom is 0.420 e. The average molecular weight is 740 g/mol. The molecule has 1 aromatic heterocycles. The molecule has 0 spiro atoms. The molecule has 4 rings (SSSR count). The lowest BCUT2D eigenvalue weighted by atomic mass is 9.88. The number of anilines is 2. The normalized spacial score (nSPS) is 15.2. The van der Waals surface area contributed by atoms with E-state index in [2.05, 4.69) is 10.3 Å². The number of nitriles is 1. The molecule has 1 saturated heterocycles. The Morgan fingerprint density at radius 2 is 1.69 bits per heavy atom. The summed E-state index contributed by atoms with van der Waals surface area (Å²) >= 11 is 5.35. The van der Waals surface area contributed by atoms with Gasteiger partial charge in [-0.3, -0.25) is 19.5 Å². The van der Waals surface area contributed by atoms with Crippen LogP contribution in [0.25, 0.3) is 11.3 Å². The van der Waals surface area contributed by atoms with Gasteiger partial charge >= 0.3 is 6.18 Å². The van der Waals surface area contributed by atoms with Gasteiger partial charge in [-0.25, -0.2) is 17.6 Å². The van der Waals surface area contributed by atoms with Crippen molar-refractivity contribution in [3.8, 4) is 23.1 Å². The summed E-state index contributed by atoms with van der Waals surface area (Å²) in [6.45, 7) is 9.52. The summed E-state index contributed by atoms with van der Waals surface area (Å²) < 4.78 is 112. The van der Waals surface area contributed by atoms with Crippen LogP contribution in [0.15, 0.2) is 36.5 Å². The van der Waals surface area contributed by atoms with Crippen LogP contribution < -0.4 is 19.9 Å². The van der Waals surface area contributed by atoms with Crippen LogP contribution in [0.3, 0.4) is 0 Å². The van der Waals surface area contributed by atoms with E-state index < -0.39 is 74.3 Å². The molecule has 3 aromatic rings. The number of aromatic nitrogens is 1. The molecule has 0 aliphatic carbocycles. The van der Waals surface area contributed by atoms with E-state index in [0.717, 1.165) is 35.4 Å². The lowest BCUT2D eigenvalue weighted by molar-refractivity contribution is -0.140. The highest BCUT2D eigenvalue weighted by Crippen LogP contribution is 2.42. The number of benzene rings is 2. The van der Waals surface area contributed by atoms with Crippen molar-refractivity contribution < 1.29 is 49.8 Å². The predicted octanol–water partition coefficient (Wildman–Crippen LogP) is 7.06. The second-order valence-corrected chi connectivity index (χ2v) is 13.5. The Bertz CT molecular complexity index is 1900. The highest BCUT2D eigenvalue weighted by molar-refractivity contribution is 7.81. The van der Waals surface area contributed by atoms with Gasteiger partial charge in [-0.1, -0.05) is 20.8 Å². The van der Waals surface area contributed by atoms with Crippen LogP contribution in [0.4, 0.5) is 42.1 Å². The van der Waals surface area contributed by atoms with Crippen LogP contribution in [-0.4, -0.2) is 53.3 Å². The predicted molar refractivity (Wildman–Crippen MR) is 176 cm³/mol. The van der Waals surface area contributed by atoms with Crippen molar-refractivity contribution in [1.82, 2.24) is 10.3 Å². The van der Waals surface area contributed by atoms with E-state index in [0.29, 0.717) is 11.0 Å². The smallest absolute Gasteiger partial charge is 0.420 e. The van der Waals surface area contributed by atoms with E-state index in [1.807, 2.05) is 27.7 Å². The van der Waals surface area contributed by atoms with Gasteiger partial charge in [-0.15, -0.1) is 0 Å². The van der Waals surface area contributed by atoms with Gasteiger partial charge in [0, 0.05) is 17.7 Å². The Labute approximate surface area is 293 Å². The third-order valence-corrected chi connectivity index (χ3v) is 8.54. The molecular formula is C34H32F7N5O4S. The molecule has 1 aliphatic heterocycles. The molecule has 1 aliphatic rings. The number of alkyl halides is 3. The van der Waals surface area contributed by atoms with Gasteiger partial charge in [-0.2, -0.15) is 18.4 Å². The van der Waals surface area contributed by atoms with Crippen molar-refractivity contribution in [2.24, 2.45) is 5.41 Å². The molecule has 0 bridgehead atoms. The SMILES string of the molecule is CC(NC(=O)COCCOc1c(F)cc(-c2ncc(N3C(=S)N(c4ccc(C#N)c(C(F)(F)F)c4F)C(=O)C3(C)C)cc2F)cc1F)C(C)(C)C. The Morgan fingerprint density at radius 3 is 2.24 bits per heavy atom. The summed E-state index contributed by atoms with van der Waals surface area (Å²) in [5.41, 5.74) is -6.69. The molecule has 0 saturated carbocycles. The fourth-order valence-corrected chi connectivity index (χ4v) is 5.53. The lowest BCUT2D eigenvalue weighted by Crippen LogP contribution is -2.44. The van der Waals surface area contributed by atoms with Crippen LogP contribution in [0.1, 0.15) is 52.7 Å². The van der Waals surface area contributed by atoms with Gasteiger partial charge < -0.3 is 19.7 Å². The standard InChI is InChI=1S/C34H32F7N5O4S/c1-17(32(2,3)4)44-25(47)16-49-9-10-50-29-22(36)11-19(12-23(29)37)28-21(35)13-20(15-43-28)46-31(51)45(30(48)33(46,5)6)24-8-7-18(14-42)26(27(24)38)34(39,40)41/h7-8,11-13,15,17H,9-10,16H2,1-6H3,(H,44,47). The minimum Gasteiger partial charge on any atom is -0.485 e. The second kappa shape index (κ2) is 14.4. The number of ether oxygens (including phenoxy) is 2. The number of nitrogens with one attached hydrogen (secondary N) is 1. The number of rotatable bonds is 10. The maximum atomic E-state index is 15.5. The molecule has 1 atom stereocenters. The zero-order chi connectivity index (χ0) is 38.2. The van der Waals surface area contributed by atoms with E-state index in [1.54, 1.807) is 0 Å². The van der Waals surface area contributed by atoms with Crippen molar-refractivity contribution >= 4 is 40.5 Å². The minimum atomic E-state index is -5.28. The van der Waals surface area contributed by atoms with Gasteiger partial charge in [0.2, 0.25) is 5.91 Å². The number of carbonyl (C=O) groups excluding carboxylic acids is 2. The van der Waals surface area contributed by atoms with Crippen molar-refractivity contribution in [1.29, 1.82) is 5.26 Å². The fourth-order valence-electron chi connectivity index (χ4n) is 5.01. The van der Waals surface area contributed by atoms with Crippen molar-refractivity contribution in [3.63, 3.8) is 0 Å². The third-order valence-electron chi connectivity index (χ3n) is 8.17. The molecule has 17 heteroatoms. The Hall–Kier alpha value is -4.82. The number of hydrogen-bond donors (Lipinski definition) is 1. The van der Waals surface area contributed by atoms with E-state index >= 15 is 8.78 Å². The van der Waals surface area contributed by atoms with Crippen molar-refractivity contribution in [3.05, 3.63) is 70.9 Å². The van der Waals surface area contributed by atoms with Gasteiger partial charge in [0.25, 0.3) is 5.91 Å². The van der Waals surface area contributed by atoms with Crippen LogP contribution in [-0.2, 0) is 20.5 Å². The highest BCUT2D eigenvalue weighted by atomic mass is 32.1. The van der Waals surface area contributed by atoms with Gasteiger partial charge in [-0.05, 0) is 62.7 Å². The summed E-state index contributed by atoms with van der Waals surface area (Å²) in [6.07, 6.45) is -4.27. The van der Waals surface area contributed by atoms with E-state index in [-0.39, 0.29) is 48.4 Å². The number of amides is 2. The number of pyridine rings is 1. The minimum absolute atomic E-state index is 0.134. The fraction of sp³-hybridized carbons (Fsp3) is 0.382. The van der Waals surface area contributed by atoms with Crippen molar-refractivity contribution in [2.45, 2.75) is 59.3 Å². The molecule has 0 radical (unpaired) electrons. The largest absolute Gasteiger partial charge is 0.485 e. The molecule has 1 fully saturated rings. The molecule has 51 heavy (non-hydrogen) atoms. The molecule has 2 heterocycles. The quantitative estimate of drug-likeness (QED) is 0.134. The van der Waals surface area contributed by atoms with Crippen LogP contribution in [0.5, 0.6) is 5.75 Å². The lowest BCUT2D eigenvalue weighted by Gasteiger charge is -2.29. The Kier molecular flexibility index (Phi) is 11.0. The molecule has 2 amide bonds. The maximum absolute atomic E-state index is 15.5. The molecule has 1 unspecified atom stereocenters. The number of carbonyl (C=O) groups is 2. The van der Waals surface area contributed by atoms with Crippen LogP contribution in [0.2, 0.25) is 0 Å². The first-order valence-corrected chi connectivity index (χ1v) is 15.7. The molecule has 272 valence electrons. The van der Waals surface area contributed by atoms with Crippen LogP contribution >= 0.6 is 12.2 Å². The molecule has 9 nitrogen and oxygen atoms in total. The topological polar surface area (TPSA) is 108 Å². The highest BCUT2D eigenvalue weighted by Gasteiger charge is 2.52. The second-order valence-electron chi connectivity index (χ2n) is 13.1. The summed E-state index contributed by atoms with van der Waals surface area (Å²) in [5, 5.41) is 11.3. The van der Waals surface area contributed by atoms with Gasteiger partial charge in [0.05, 0.1) is 35.8 Å². The molecule has 2 aromatic carbocycles. The Balaban J connectivity index is 1.52. The molecular weight excluding hydrogens is 707 g/mol. The summed E-state index contributed by atoms with van der Waals surface area (Å²) in [6, 6.07) is 5.00. The van der Waals surface area contributed by atoms with Gasteiger partial charge in [0.1, 0.15) is 30.0 Å².